The predicted octanol–water partition coefficient (Wildman–Crippen LogP) is 2.09. The zero-order valence-electron chi connectivity index (χ0n) is 11.1. The molecule has 1 aromatic carbocycles. The number of nitro benzene ring substituents is 1. The Morgan fingerprint density at radius 1 is 1.42 bits per heavy atom. The Morgan fingerprint density at radius 2 is 2.26 bits per heavy atom. The molecule has 2 unspecified atom stereocenters. The lowest BCUT2D eigenvalue weighted by molar-refractivity contribution is -0.385. The highest BCUT2D eigenvalue weighted by Gasteiger charge is 2.34. The van der Waals surface area contributed by atoms with E-state index >= 15 is 0 Å². The molecule has 3 rings (SSSR count). The summed E-state index contributed by atoms with van der Waals surface area (Å²) in [5, 5.41) is 14.6. The maximum Gasteiger partial charge on any atom is 0.274 e. The van der Waals surface area contributed by atoms with Crippen LogP contribution in [-0.2, 0) is 0 Å². The second kappa shape index (κ2) is 4.81. The summed E-state index contributed by atoms with van der Waals surface area (Å²) in [5.74, 6) is 0.689. The molecule has 0 aliphatic carbocycles. The normalized spacial score (nSPS) is 26.3. The van der Waals surface area contributed by atoms with Crippen LogP contribution >= 0.6 is 0 Å². The molecule has 2 aliphatic heterocycles. The molecule has 0 radical (unpaired) electrons. The first-order valence-corrected chi connectivity index (χ1v) is 6.88. The Kier molecular flexibility index (Phi) is 3.14. The second-order valence-corrected chi connectivity index (χ2v) is 5.60. The molecule has 102 valence electrons. The van der Waals surface area contributed by atoms with Gasteiger partial charge in [0.1, 0.15) is 0 Å². The van der Waals surface area contributed by atoms with Gasteiger partial charge in [0.05, 0.1) is 4.92 Å². The number of nitro groups is 1. The topological polar surface area (TPSA) is 58.4 Å². The number of rotatable bonds is 2. The molecule has 2 aliphatic rings. The van der Waals surface area contributed by atoms with Crippen molar-refractivity contribution < 1.29 is 4.92 Å². The van der Waals surface area contributed by atoms with Crippen molar-refractivity contribution in [3.05, 3.63) is 33.9 Å². The molecule has 2 saturated heterocycles. The van der Waals surface area contributed by atoms with E-state index in [0.29, 0.717) is 12.0 Å². The van der Waals surface area contributed by atoms with Crippen LogP contribution in [0.5, 0.6) is 0 Å². The first-order chi connectivity index (χ1) is 9.15. The number of hydrogen-bond donors (Lipinski definition) is 1. The standard InChI is InChI=1S/C14H19N3O2/c1-10-4-5-12(7-14(10)17(18)19)16-8-11-3-2-6-15-13(11)9-16/h4-5,7,11,13,15H,2-3,6,8-9H2,1H3. The summed E-state index contributed by atoms with van der Waals surface area (Å²) in [6.07, 6.45) is 2.51. The van der Waals surface area contributed by atoms with E-state index in [1.54, 1.807) is 13.0 Å². The largest absolute Gasteiger partial charge is 0.369 e. The quantitative estimate of drug-likeness (QED) is 0.654. The summed E-state index contributed by atoms with van der Waals surface area (Å²) in [6, 6.07) is 6.11. The van der Waals surface area contributed by atoms with Gasteiger partial charge in [0, 0.05) is 36.4 Å². The Balaban J connectivity index is 1.83. The highest BCUT2D eigenvalue weighted by atomic mass is 16.6. The van der Waals surface area contributed by atoms with Crippen LogP contribution in [-0.4, -0.2) is 30.6 Å². The van der Waals surface area contributed by atoms with E-state index in [0.717, 1.165) is 30.9 Å². The molecule has 0 saturated carbocycles. The molecule has 19 heavy (non-hydrogen) atoms. The zero-order valence-corrected chi connectivity index (χ0v) is 11.1. The van der Waals surface area contributed by atoms with E-state index in [1.165, 1.54) is 12.8 Å². The van der Waals surface area contributed by atoms with Crippen LogP contribution in [0, 0.1) is 23.0 Å². The maximum absolute atomic E-state index is 11.0. The lowest BCUT2D eigenvalue weighted by Gasteiger charge is -2.24. The average molecular weight is 261 g/mol. The minimum Gasteiger partial charge on any atom is -0.369 e. The molecule has 2 fully saturated rings. The lowest BCUT2D eigenvalue weighted by atomic mass is 9.94. The molecule has 0 amide bonds. The van der Waals surface area contributed by atoms with Crippen LogP contribution in [0.4, 0.5) is 11.4 Å². The number of nitrogens with one attached hydrogen (secondary N) is 1. The monoisotopic (exact) mass is 261 g/mol. The van der Waals surface area contributed by atoms with Gasteiger partial charge in [-0.15, -0.1) is 0 Å². The summed E-state index contributed by atoms with van der Waals surface area (Å²) < 4.78 is 0. The molecule has 2 atom stereocenters. The summed E-state index contributed by atoms with van der Waals surface area (Å²) in [7, 11) is 0. The lowest BCUT2D eigenvalue weighted by Crippen LogP contribution is -2.40. The van der Waals surface area contributed by atoms with Crippen LogP contribution < -0.4 is 10.2 Å². The number of aryl methyl sites for hydroxylation is 1. The highest BCUT2D eigenvalue weighted by Crippen LogP contribution is 2.31. The molecule has 0 spiro atoms. The molecule has 5 heteroatoms. The minimum absolute atomic E-state index is 0.223. The second-order valence-electron chi connectivity index (χ2n) is 5.60. The Labute approximate surface area is 112 Å². The van der Waals surface area contributed by atoms with Crippen LogP contribution in [0.3, 0.4) is 0 Å². The number of benzene rings is 1. The Bertz CT molecular complexity index is 489. The summed E-state index contributed by atoms with van der Waals surface area (Å²) >= 11 is 0. The molecule has 2 heterocycles. The molecule has 0 aromatic heterocycles. The van der Waals surface area contributed by atoms with Crippen molar-refractivity contribution in [3.63, 3.8) is 0 Å². The summed E-state index contributed by atoms with van der Waals surface area (Å²) in [6.45, 7) is 4.86. The molecule has 1 aromatic rings. The van der Waals surface area contributed by atoms with E-state index in [2.05, 4.69) is 10.2 Å². The van der Waals surface area contributed by atoms with Crippen molar-refractivity contribution >= 4 is 11.4 Å². The first kappa shape index (κ1) is 12.4. The van der Waals surface area contributed by atoms with Crippen molar-refractivity contribution in [2.45, 2.75) is 25.8 Å². The number of hydrogen-bond acceptors (Lipinski definition) is 4. The van der Waals surface area contributed by atoms with E-state index in [-0.39, 0.29) is 10.6 Å². The SMILES string of the molecule is Cc1ccc(N2CC3CCCNC3C2)cc1[N+](=O)[O-]. The van der Waals surface area contributed by atoms with Gasteiger partial charge in [0.25, 0.3) is 5.69 Å². The number of anilines is 1. The third-order valence-corrected chi connectivity index (χ3v) is 4.35. The fourth-order valence-electron chi connectivity index (χ4n) is 3.25. The fraction of sp³-hybridized carbons (Fsp3) is 0.571. The van der Waals surface area contributed by atoms with Gasteiger partial charge in [-0.3, -0.25) is 10.1 Å². The molecular weight excluding hydrogens is 242 g/mol. The number of fused-ring (bicyclic) bond motifs is 1. The fourth-order valence-corrected chi connectivity index (χ4v) is 3.25. The van der Waals surface area contributed by atoms with Crippen LogP contribution in [0.2, 0.25) is 0 Å². The van der Waals surface area contributed by atoms with Crippen molar-refractivity contribution in [3.8, 4) is 0 Å². The van der Waals surface area contributed by atoms with Crippen molar-refractivity contribution in [1.29, 1.82) is 0 Å². The van der Waals surface area contributed by atoms with Gasteiger partial charge < -0.3 is 10.2 Å². The van der Waals surface area contributed by atoms with Gasteiger partial charge >= 0.3 is 0 Å². The summed E-state index contributed by atoms with van der Waals surface area (Å²) in [5.41, 5.74) is 1.93. The Hall–Kier alpha value is -1.62. The van der Waals surface area contributed by atoms with E-state index in [9.17, 15) is 10.1 Å². The number of piperidine rings is 1. The minimum atomic E-state index is -0.291. The molecule has 1 N–H and O–H groups in total. The zero-order chi connectivity index (χ0) is 13.4. The maximum atomic E-state index is 11.0. The molecular formula is C14H19N3O2. The van der Waals surface area contributed by atoms with Gasteiger partial charge in [-0.1, -0.05) is 6.07 Å². The van der Waals surface area contributed by atoms with Gasteiger partial charge in [-0.25, -0.2) is 0 Å². The predicted molar refractivity (Wildman–Crippen MR) is 74.6 cm³/mol. The van der Waals surface area contributed by atoms with E-state index in [4.69, 9.17) is 0 Å². The highest BCUT2D eigenvalue weighted by molar-refractivity contribution is 5.57. The average Bonchev–Trinajstić information content (AvgIpc) is 2.82. The van der Waals surface area contributed by atoms with Crippen LogP contribution in [0.15, 0.2) is 18.2 Å². The van der Waals surface area contributed by atoms with Crippen molar-refractivity contribution in [2.24, 2.45) is 5.92 Å². The van der Waals surface area contributed by atoms with Gasteiger partial charge in [-0.05, 0) is 38.3 Å². The third kappa shape index (κ3) is 2.30. The van der Waals surface area contributed by atoms with Gasteiger partial charge in [0.15, 0.2) is 0 Å². The summed E-state index contributed by atoms with van der Waals surface area (Å²) in [4.78, 5) is 13.0. The molecule has 5 nitrogen and oxygen atoms in total. The van der Waals surface area contributed by atoms with Crippen molar-refractivity contribution in [2.75, 3.05) is 24.5 Å². The third-order valence-electron chi connectivity index (χ3n) is 4.35. The van der Waals surface area contributed by atoms with Crippen molar-refractivity contribution in [1.82, 2.24) is 5.32 Å². The van der Waals surface area contributed by atoms with Gasteiger partial charge in [-0.2, -0.15) is 0 Å². The van der Waals surface area contributed by atoms with E-state index in [1.807, 2.05) is 12.1 Å². The first-order valence-electron chi connectivity index (χ1n) is 6.88. The number of nitrogens with zero attached hydrogens (tertiary/aromatic N) is 2. The van der Waals surface area contributed by atoms with Gasteiger partial charge in [0.2, 0.25) is 0 Å². The Morgan fingerprint density at radius 3 is 3.00 bits per heavy atom. The van der Waals surface area contributed by atoms with Crippen LogP contribution in [0.1, 0.15) is 18.4 Å². The van der Waals surface area contributed by atoms with Crippen LogP contribution in [0.25, 0.3) is 0 Å². The van der Waals surface area contributed by atoms with E-state index < -0.39 is 0 Å². The molecule has 0 bridgehead atoms. The smallest absolute Gasteiger partial charge is 0.274 e.